The third-order valence-corrected chi connectivity index (χ3v) is 3.30. The van der Waals surface area contributed by atoms with E-state index in [1.54, 1.807) is 0 Å². The Morgan fingerprint density at radius 3 is 2.53 bits per heavy atom. The van der Waals surface area contributed by atoms with Crippen LogP contribution >= 0.6 is 12.2 Å². The molecule has 0 amide bonds. The molecule has 2 aromatic rings. The van der Waals surface area contributed by atoms with Crippen LogP contribution in [0.3, 0.4) is 0 Å². The van der Waals surface area contributed by atoms with Gasteiger partial charge in [-0.1, -0.05) is 42.5 Å². The third kappa shape index (κ3) is 3.80. The van der Waals surface area contributed by atoms with Gasteiger partial charge >= 0.3 is 0 Å². The van der Waals surface area contributed by atoms with Gasteiger partial charge in [0.05, 0.1) is 0 Å². The van der Waals surface area contributed by atoms with Crippen molar-refractivity contribution in [3.05, 3.63) is 65.2 Å². The largest absolute Gasteiger partial charge is 0.389 e. The van der Waals surface area contributed by atoms with Crippen molar-refractivity contribution in [3.8, 4) is 0 Å². The summed E-state index contributed by atoms with van der Waals surface area (Å²) in [6, 6.07) is 16.5. The number of nitrogens with one attached hydrogen (secondary N) is 1. The van der Waals surface area contributed by atoms with Gasteiger partial charge in [-0.05, 0) is 42.7 Å². The van der Waals surface area contributed by atoms with E-state index in [4.69, 9.17) is 18.0 Å². The zero-order chi connectivity index (χ0) is 13.7. The maximum absolute atomic E-state index is 5.65. The van der Waals surface area contributed by atoms with Gasteiger partial charge in [0.2, 0.25) is 0 Å². The summed E-state index contributed by atoms with van der Waals surface area (Å²) in [5.41, 5.74) is 10.2. The van der Waals surface area contributed by atoms with Crippen molar-refractivity contribution in [3.63, 3.8) is 0 Å². The lowest BCUT2D eigenvalue weighted by molar-refractivity contribution is 1.02. The smallest absolute Gasteiger partial charge is 0.104 e. The minimum absolute atomic E-state index is 0.452. The van der Waals surface area contributed by atoms with Gasteiger partial charge < -0.3 is 11.1 Å². The van der Waals surface area contributed by atoms with Crippen LogP contribution in [0, 0.1) is 6.92 Å². The molecular weight excluding hydrogens is 252 g/mol. The molecule has 0 atom stereocenters. The van der Waals surface area contributed by atoms with Crippen LogP contribution in [0.2, 0.25) is 0 Å². The number of anilines is 1. The topological polar surface area (TPSA) is 38.0 Å². The summed E-state index contributed by atoms with van der Waals surface area (Å²) in [5, 5.41) is 3.42. The molecule has 0 aromatic heterocycles. The minimum Gasteiger partial charge on any atom is -0.389 e. The van der Waals surface area contributed by atoms with E-state index >= 15 is 0 Å². The van der Waals surface area contributed by atoms with Crippen LogP contribution in [0.5, 0.6) is 0 Å². The molecule has 0 fully saturated rings. The van der Waals surface area contributed by atoms with E-state index in [2.05, 4.69) is 35.6 Å². The summed E-state index contributed by atoms with van der Waals surface area (Å²) < 4.78 is 0. The average molecular weight is 270 g/mol. The number of nitrogens with two attached hydrogens (primary N) is 1. The Bertz CT molecular complexity index is 564. The summed E-state index contributed by atoms with van der Waals surface area (Å²) in [5.74, 6) is 0. The number of rotatable bonds is 5. The highest BCUT2D eigenvalue weighted by Crippen LogP contribution is 2.15. The van der Waals surface area contributed by atoms with Gasteiger partial charge in [-0.2, -0.15) is 0 Å². The molecule has 2 rings (SSSR count). The number of hydrogen-bond donors (Lipinski definition) is 2. The Kier molecular flexibility index (Phi) is 4.53. The number of aryl methyl sites for hydroxylation is 1. The molecular formula is C16H18N2S. The van der Waals surface area contributed by atoms with Gasteiger partial charge in [-0.15, -0.1) is 0 Å². The van der Waals surface area contributed by atoms with Crippen LogP contribution in [0.15, 0.2) is 48.5 Å². The highest BCUT2D eigenvalue weighted by atomic mass is 32.1. The molecule has 3 heteroatoms. The second kappa shape index (κ2) is 6.34. The van der Waals surface area contributed by atoms with E-state index in [-0.39, 0.29) is 0 Å². The minimum atomic E-state index is 0.452. The van der Waals surface area contributed by atoms with Crippen LogP contribution in [-0.4, -0.2) is 11.5 Å². The van der Waals surface area contributed by atoms with Crippen LogP contribution in [0.25, 0.3) is 0 Å². The average Bonchev–Trinajstić information content (AvgIpc) is 2.39. The molecule has 3 N–H and O–H groups in total. The summed E-state index contributed by atoms with van der Waals surface area (Å²) in [4.78, 5) is 0.452. The molecule has 2 nitrogen and oxygen atoms in total. The van der Waals surface area contributed by atoms with Gasteiger partial charge in [0.25, 0.3) is 0 Å². The monoisotopic (exact) mass is 270 g/mol. The third-order valence-electron chi connectivity index (χ3n) is 3.08. The van der Waals surface area contributed by atoms with Crippen molar-refractivity contribution in [2.24, 2.45) is 5.73 Å². The fraction of sp³-hybridized carbons (Fsp3) is 0.188. The molecule has 2 aromatic carbocycles. The molecule has 0 heterocycles. The Hall–Kier alpha value is -1.87. The SMILES string of the molecule is Cc1cc(NCCc2ccccc2)ccc1C(N)=S. The number of benzene rings is 2. The lowest BCUT2D eigenvalue weighted by atomic mass is 10.1. The van der Waals surface area contributed by atoms with Crippen molar-refractivity contribution in [1.82, 2.24) is 0 Å². The number of thiocarbonyl (C=S) groups is 1. The van der Waals surface area contributed by atoms with E-state index in [0.717, 1.165) is 29.8 Å². The van der Waals surface area contributed by atoms with E-state index in [1.807, 2.05) is 25.1 Å². The lowest BCUT2D eigenvalue weighted by Crippen LogP contribution is -2.12. The van der Waals surface area contributed by atoms with Crippen LogP contribution in [0.4, 0.5) is 5.69 Å². The summed E-state index contributed by atoms with van der Waals surface area (Å²) in [6.07, 6.45) is 1.01. The van der Waals surface area contributed by atoms with Gasteiger partial charge in [0, 0.05) is 17.8 Å². The first-order valence-electron chi connectivity index (χ1n) is 6.35. The van der Waals surface area contributed by atoms with Gasteiger partial charge in [-0.3, -0.25) is 0 Å². The highest BCUT2D eigenvalue weighted by Gasteiger charge is 2.02. The van der Waals surface area contributed by atoms with E-state index in [0.29, 0.717) is 4.99 Å². The lowest BCUT2D eigenvalue weighted by Gasteiger charge is -2.10. The predicted molar refractivity (Wildman–Crippen MR) is 85.7 cm³/mol. The zero-order valence-corrected chi connectivity index (χ0v) is 11.8. The second-order valence-corrected chi connectivity index (χ2v) is 5.00. The van der Waals surface area contributed by atoms with Crippen molar-refractivity contribution >= 4 is 22.9 Å². The Morgan fingerprint density at radius 2 is 1.89 bits per heavy atom. The quantitative estimate of drug-likeness (QED) is 0.819. The molecule has 0 saturated heterocycles. The Labute approximate surface area is 119 Å². The molecule has 19 heavy (non-hydrogen) atoms. The van der Waals surface area contributed by atoms with Crippen molar-refractivity contribution in [2.45, 2.75) is 13.3 Å². The molecule has 0 aliphatic carbocycles. The normalized spacial score (nSPS) is 10.2. The first-order chi connectivity index (χ1) is 9.16. The molecule has 98 valence electrons. The maximum Gasteiger partial charge on any atom is 0.104 e. The van der Waals surface area contributed by atoms with Gasteiger partial charge in [0.1, 0.15) is 4.99 Å². The highest BCUT2D eigenvalue weighted by molar-refractivity contribution is 7.80. The second-order valence-electron chi connectivity index (χ2n) is 4.56. The molecule has 0 bridgehead atoms. The standard InChI is InChI=1S/C16H18N2S/c1-12-11-14(7-8-15(12)16(17)19)18-10-9-13-5-3-2-4-6-13/h2-8,11,18H,9-10H2,1H3,(H2,17,19). The maximum atomic E-state index is 5.65. The van der Waals surface area contributed by atoms with Crippen LogP contribution in [-0.2, 0) is 6.42 Å². The molecule has 0 saturated carbocycles. The molecule has 0 aliphatic rings. The first-order valence-corrected chi connectivity index (χ1v) is 6.76. The Balaban J connectivity index is 1.93. The van der Waals surface area contributed by atoms with Crippen molar-refractivity contribution in [1.29, 1.82) is 0 Å². The predicted octanol–water partition coefficient (Wildman–Crippen LogP) is 3.28. The van der Waals surface area contributed by atoms with Crippen molar-refractivity contribution in [2.75, 3.05) is 11.9 Å². The van der Waals surface area contributed by atoms with Gasteiger partial charge in [0.15, 0.2) is 0 Å². The Morgan fingerprint density at radius 1 is 1.16 bits per heavy atom. The first kappa shape index (κ1) is 13.6. The van der Waals surface area contributed by atoms with Gasteiger partial charge in [-0.25, -0.2) is 0 Å². The molecule has 0 aliphatic heterocycles. The van der Waals surface area contributed by atoms with E-state index in [9.17, 15) is 0 Å². The molecule has 0 unspecified atom stereocenters. The summed E-state index contributed by atoms with van der Waals surface area (Å²) in [7, 11) is 0. The van der Waals surface area contributed by atoms with Crippen molar-refractivity contribution < 1.29 is 0 Å². The molecule has 0 radical (unpaired) electrons. The van der Waals surface area contributed by atoms with Crippen LogP contribution < -0.4 is 11.1 Å². The zero-order valence-electron chi connectivity index (χ0n) is 11.0. The fourth-order valence-corrected chi connectivity index (χ4v) is 2.27. The van der Waals surface area contributed by atoms with Crippen LogP contribution in [0.1, 0.15) is 16.7 Å². The summed E-state index contributed by atoms with van der Waals surface area (Å²) in [6.45, 7) is 2.94. The van der Waals surface area contributed by atoms with E-state index < -0.39 is 0 Å². The fourth-order valence-electron chi connectivity index (χ4n) is 2.05. The summed E-state index contributed by atoms with van der Waals surface area (Å²) >= 11 is 5.00. The number of hydrogen-bond acceptors (Lipinski definition) is 2. The molecule has 0 spiro atoms. The van der Waals surface area contributed by atoms with E-state index in [1.165, 1.54) is 5.56 Å².